The Morgan fingerprint density at radius 2 is 1.85 bits per heavy atom. The van der Waals surface area contributed by atoms with Crippen LogP contribution in [0.1, 0.15) is 41.0 Å². The topological polar surface area (TPSA) is 68.0 Å². The standard InChI is InChI=1S/C15H33NO3Si/c1-11(2)8-12(16)13(17)15(9-18-15)10-19-20(6,7)14(3,4)5/h11-13,17H,8-10,16H2,1-7H3/t12-,13-,15+/m0/s1. The van der Waals surface area contributed by atoms with Crippen molar-refractivity contribution in [3.8, 4) is 0 Å². The summed E-state index contributed by atoms with van der Waals surface area (Å²) in [5, 5.41) is 10.6. The molecule has 3 atom stereocenters. The monoisotopic (exact) mass is 303 g/mol. The number of epoxide rings is 1. The van der Waals surface area contributed by atoms with Crippen LogP contribution in [0.25, 0.3) is 0 Å². The van der Waals surface area contributed by atoms with E-state index < -0.39 is 20.0 Å². The first-order valence-electron chi connectivity index (χ1n) is 7.63. The van der Waals surface area contributed by atoms with Crippen LogP contribution in [0.4, 0.5) is 0 Å². The molecule has 1 aliphatic heterocycles. The van der Waals surface area contributed by atoms with Gasteiger partial charge in [0.25, 0.3) is 0 Å². The van der Waals surface area contributed by atoms with Gasteiger partial charge in [-0.05, 0) is 30.5 Å². The third kappa shape index (κ3) is 4.27. The Hall–Kier alpha value is 0.0569. The molecule has 0 aromatic heterocycles. The van der Waals surface area contributed by atoms with E-state index in [4.69, 9.17) is 14.9 Å². The number of rotatable bonds is 7. The molecule has 0 aliphatic carbocycles. The summed E-state index contributed by atoms with van der Waals surface area (Å²) in [5.74, 6) is 0.469. The predicted octanol–water partition coefficient (Wildman–Crippen LogP) is 2.51. The zero-order valence-electron chi connectivity index (χ0n) is 14.2. The van der Waals surface area contributed by atoms with Gasteiger partial charge in [-0.1, -0.05) is 34.6 Å². The summed E-state index contributed by atoms with van der Waals surface area (Å²) in [6, 6.07) is -0.250. The molecule has 1 saturated heterocycles. The number of nitrogens with two attached hydrogens (primary N) is 1. The molecule has 1 heterocycles. The van der Waals surface area contributed by atoms with Gasteiger partial charge < -0.3 is 20.0 Å². The fourth-order valence-corrected chi connectivity index (χ4v) is 3.05. The summed E-state index contributed by atoms with van der Waals surface area (Å²) < 4.78 is 11.7. The van der Waals surface area contributed by atoms with Crippen LogP contribution in [0.15, 0.2) is 0 Å². The first-order valence-corrected chi connectivity index (χ1v) is 10.5. The van der Waals surface area contributed by atoms with E-state index in [1.807, 2.05) is 0 Å². The number of ether oxygens (including phenoxy) is 1. The van der Waals surface area contributed by atoms with E-state index in [-0.39, 0.29) is 11.1 Å². The van der Waals surface area contributed by atoms with Crippen molar-refractivity contribution in [1.82, 2.24) is 0 Å². The number of hydrogen-bond acceptors (Lipinski definition) is 4. The Labute approximate surface area is 125 Å². The molecule has 0 radical (unpaired) electrons. The second kappa shape index (κ2) is 6.05. The van der Waals surface area contributed by atoms with Gasteiger partial charge in [-0.25, -0.2) is 0 Å². The zero-order valence-corrected chi connectivity index (χ0v) is 15.2. The number of aliphatic hydroxyl groups is 1. The van der Waals surface area contributed by atoms with Crippen LogP contribution in [0.5, 0.6) is 0 Å². The van der Waals surface area contributed by atoms with E-state index >= 15 is 0 Å². The fraction of sp³-hybridized carbons (Fsp3) is 1.00. The van der Waals surface area contributed by atoms with Crippen LogP contribution < -0.4 is 5.73 Å². The van der Waals surface area contributed by atoms with Crippen LogP contribution in [0, 0.1) is 5.92 Å². The minimum absolute atomic E-state index is 0.161. The molecular weight excluding hydrogens is 270 g/mol. The van der Waals surface area contributed by atoms with Crippen LogP contribution >= 0.6 is 0 Å². The van der Waals surface area contributed by atoms with Gasteiger partial charge in [0.2, 0.25) is 0 Å². The average molecular weight is 304 g/mol. The fourth-order valence-electron chi connectivity index (χ4n) is 2.01. The van der Waals surface area contributed by atoms with Crippen molar-refractivity contribution < 1.29 is 14.3 Å². The van der Waals surface area contributed by atoms with Gasteiger partial charge in [-0.3, -0.25) is 0 Å². The summed E-state index contributed by atoms with van der Waals surface area (Å²) in [6.07, 6.45) is 0.154. The van der Waals surface area contributed by atoms with Gasteiger partial charge in [0, 0.05) is 6.04 Å². The molecule has 0 aromatic carbocycles. The molecule has 120 valence electrons. The molecule has 5 heteroatoms. The van der Waals surface area contributed by atoms with Gasteiger partial charge >= 0.3 is 0 Å². The predicted molar refractivity (Wildman–Crippen MR) is 85.3 cm³/mol. The molecule has 20 heavy (non-hydrogen) atoms. The van der Waals surface area contributed by atoms with Crippen molar-refractivity contribution in [3.05, 3.63) is 0 Å². The van der Waals surface area contributed by atoms with Crippen molar-refractivity contribution in [3.63, 3.8) is 0 Å². The summed E-state index contributed by atoms with van der Waals surface area (Å²) >= 11 is 0. The van der Waals surface area contributed by atoms with Crippen molar-refractivity contribution in [1.29, 1.82) is 0 Å². The molecule has 0 spiro atoms. The Morgan fingerprint density at radius 3 is 2.20 bits per heavy atom. The first-order chi connectivity index (χ1) is 8.91. The first kappa shape index (κ1) is 18.1. The van der Waals surface area contributed by atoms with Crippen LogP contribution in [0.2, 0.25) is 18.1 Å². The zero-order chi connectivity index (χ0) is 15.8. The van der Waals surface area contributed by atoms with E-state index in [0.29, 0.717) is 19.1 Å². The lowest BCUT2D eigenvalue weighted by molar-refractivity contribution is 0.0196. The van der Waals surface area contributed by atoms with Crippen molar-refractivity contribution >= 4 is 8.32 Å². The maximum Gasteiger partial charge on any atom is 0.192 e. The molecular formula is C15H33NO3Si. The lowest BCUT2D eigenvalue weighted by atomic mass is 9.92. The quantitative estimate of drug-likeness (QED) is 0.560. The minimum Gasteiger partial charge on any atom is -0.414 e. The maximum absolute atomic E-state index is 10.4. The molecule has 0 amide bonds. The Balaban J connectivity index is 2.59. The van der Waals surface area contributed by atoms with Crippen LogP contribution in [-0.2, 0) is 9.16 Å². The molecule has 1 rings (SSSR count). The van der Waals surface area contributed by atoms with E-state index in [1.165, 1.54) is 0 Å². The van der Waals surface area contributed by atoms with Gasteiger partial charge in [0.05, 0.1) is 13.2 Å². The van der Waals surface area contributed by atoms with Gasteiger partial charge in [0.15, 0.2) is 8.32 Å². The van der Waals surface area contributed by atoms with Gasteiger partial charge in [-0.2, -0.15) is 0 Å². The summed E-state index contributed by atoms with van der Waals surface area (Å²) in [5.41, 5.74) is 5.53. The Bertz CT molecular complexity index is 322. The molecule has 0 bridgehead atoms. The maximum atomic E-state index is 10.4. The van der Waals surface area contributed by atoms with E-state index in [2.05, 4.69) is 47.7 Å². The molecule has 0 unspecified atom stereocenters. The Kier molecular flexibility index (Phi) is 5.47. The van der Waals surface area contributed by atoms with Crippen LogP contribution in [0.3, 0.4) is 0 Å². The third-order valence-electron chi connectivity index (χ3n) is 4.69. The second-order valence-corrected chi connectivity index (χ2v) is 12.9. The summed E-state index contributed by atoms with van der Waals surface area (Å²) in [6.45, 7) is 16.3. The average Bonchev–Trinajstić information content (AvgIpc) is 3.04. The molecule has 0 aromatic rings. The van der Waals surface area contributed by atoms with Gasteiger partial charge in [-0.15, -0.1) is 0 Å². The normalized spacial score (nSPS) is 26.7. The second-order valence-electron chi connectivity index (χ2n) is 8.14. The number of aliphatic hydroxyl groups excluding tert-OH is 1. The van der Waals surface area contributed by atoms with E-state index in [0.717, 1.165) is 6.42 Å². The van der Waals surface area contributed by atoms with Crippen molar-refractivity contribution in [2.75, 3.05) is 13.2 Å². The van der Waals surface area contributed by atoms with Crippen molar-refractivity contribution in [2.45, 2.75) is 76.9 Å². The molecule has 1 fully saturated rings. The van der Waals surface area contributed by atoms with E-state index in [9.17, 15) is 5.11 Å². The van der Waals surface area contributed by atoms with Crippen LogP contribution in [-0.4, -0.2) is 44.4 Å². The smallest absolute Gasteiger partial charge is 0.192 e. The number of hydrogen-bond donors (Lipinski definition) is 2. The Morgan fingerprint density at radius 1 is 1.35 bits per heavy atom. The molecule has 1 aliphatic rings. The van der Waals surface area contributed by atoms with Gasteiger partial charge in [0.1, 0.15) is 11.7 Å². The molecule has 4 nitrogen and oxygen atoms in total. The highest BCUT2D eigenvalue weighted by Gasteiger charge is 2.55. The molecule has 3 N–H and O–H groups in total. The summed E-state index contributed by atoms with van der Waals surface area (Å²) in [7, 11) is -1.82. The third-order valence-corrected chi connectivity index (χ3v) is 9.17. The highest BCUT2D eigenvalue weighted by molar-refractivity contribution is 6.74. The molecule has 0 saturated carbocycles. The SMILES string of the molecule is CC(C)C[C@H](N)[C@H](O)[C@]1(CO[Si](C)(C)C(C)(C)C)CO1. The highest BCUT2D eigenvalue weighted by atomic mass is 28.4. The highest BCUT2D eigenvalue weighted by Crippen LogP contribution is 2.40. The lowest BCUT2D eigenvalue weighted by Crippen LogP contribution is -2.51. The lowest BCUT2D eigenvalue weighted by Gasteiger charge is -2.38. The largest absolute Gasteiger partial charge is 0.414 e. The summed E-state index contributed by atoms with van der Waals surface area (Å²) in [4.78, 5) is 0. The minimum atomic E-state index is -1.82. The van der Waals surface area contributed by atoms with Crippen molar-refractivity contribution in [2.24, 2.45) is 11.7 Å². The van der Waals surface area contributed by atoms with E-state index in [1.54, 1.807) is 0 Å².